The summed E-state index contributed by atoms with van der Waals surface area (Å²) in [5.41, 5.74) is 0.816. The SMILES string of the molecule is COc1cc(CNC(=O)c2ccc(C(=O)O)o2)ccc1OCCC(C)C. The molecule has 0 radical (unpaired) electrons. The molecule has 0 spiro atoms. The summed E-state index contributed by atoms with van der Waals surface area (Å²) >= 11 is 0. The Bertz CT molecular complexity index is 765. The fourth-order valence-electron chi connectivity index (χ4n) is 2.19. The Kier molecular flexibility index (Phi) is 6.66. The third kappa shape index (κ3) is 5.27. The first-order chi connectivity index (χ1) is 12.4. The highest BCUT2D eigenvalue weighted by atomic mass is 16.5. The van der Waals surface area contributed by atoms with Gasteiger partial charge in [0.15, 0.2) is 17.3 Å². The Balaban J connectivity index is 1.96. The van der Waals surface area contributed by atoms with Crippen LogP contribution in [0.1, 0.15) is 46.9 Å². The van der Waals surface area contributed by atoms with Gasteiger partial charge >= 0.3 is 5.97 Å². The number of hydrogen-bond donors (Lipinski definition) is 2. The van der Waals surface area contributed by atoms with Crippen molar-refractivity contribution < 1.29 is 28.6 Å². The largest absolute Gasteiger partial charge is 0.493 e. The first kappa shape index (κ1) is 19.4. The van der Waals surface area contributed by atoms with Crippen LogP contribution in [0.25, 0.3) is 0 Å². The lowest BCUT2D eigenvalue weighted by atomic mass is 10.1. The van der Waals surface area contributed by atoms with Gasteiger partial charge in [0, 0.05) is 6.54 Å². The maximum Gasteiger partial charge on any atom is 0.371 e. The molecule has 0 unspecified atom stereocenters. The first-order valence-corrected chi connectivity index (χ1v) is 8.31. The lowest BCUT2D eigenvalue weighted by molar-refractivity contribution is 0.0659. The van der Waals surface area contributed by atoms with Crippen molar-refractivity contribution in [2.24, 2.45) is 5.92 Å². The van der Waals surface area contributed by atoms with Crippen LogP contribution in [0.3, 0.4) is 0 Å². The van der Waals surface area contributed by atoms with Crippen LogP contribution in [0.2, 0.25) is 0 Å². The minimum Gasteiger partial charge on any atom is -0.493 e. The van der Waals surface area contributed by atoms with Gasteiger partial charge in [-0.2, -0.15) is 0 Å². The highest BCUT2D eigenvalue weighted by Crippen LogP contribution is 2.28. The second-order valence-electron chi connectivity index (χ2n) is 6.17. The molecule has 140 valence electrons. The van der Waals surface area contributed by atoms with E-state index < -0.39 is 11.9 Å². The standard InChI is InChI=1S/C19H23NO6/c1-12(2)8-9-25-14-5-4-13(10-17(14)24-3)11-20-18(21)15-6-7-16(26-15)19(22)23/h4-7,10,12H,8-9,11H2,1-3H3,(H,20,21)(H,22,23). The van der Waals surface area contributed by atoms with Gasteiger partial charge in [-0.3, -0.25) is 4.79 Å². The smallest absolute Gasteiger partial charge is 0.371 e. The minimum atomic E-state index is -1.22. The average molecular weight is 361 g/mol. The van der Waals surface area contributed by atoms with Crippen molar-refractivity contribution in [2.45, 2.75) is 26.8 Å². The third-order valence-corrected chi connectivity index (χ3v) is 3.67. The maximum atomic E-state index is 12.0. The van der Waals surface area contributed by atoms with E-state index in [1.165, 1.54) is 12.1 Å². The molecule has 1 heterocycles. The number of nitrogens with one attached hydrogen (secondary N) is 1. The molecule has 0 aliphatic heterocycles. The Morgan fingerprint density at radius 2 is 1.88 bits per heavy atom. The first-order valence-electron chi connectivity index (χ1n) is 8.31. The fourth-order valence-corrected chi connectivity index (χ4v) is 2.19. The number of benzene rings is 1. The van der Waals surface area contributed by atoms with E-state index in [0.717, 1.165) is 12.0 Å². The fraction of sp³-hybridized carbons (Fsp3) is 0.368. The number of rotatable bonds is 9. The van der Waals surface area contributed by atoms with E-state index in [-0.39, 0.29) is 18.1 Å². The van der Waals surface area contributed by atoms with Crippen LogP contribution in [0.5, 0.6) is 11.5 Å². The highest BCUT2D eigenvalue weighted by molar-refractivity contribution is 5.93. The van der Waals surface area contributed by atoms with Gasteiger partial charge in [0.1, 0.15) is 0 Å². The number of carbonyl (C=O) groups is 2. The summed E-state index contributed by atoms with van der Waals surface area (Å²) in [7, 11) is 1.56. The molecule has 0 atom stereocenters. The van der Waals surface area contributed by atoms with Crippen LogP contribution in [0.15, 0.2) is 34.7 Å². The van der Waals surface area contributed by atoms with Gasteiger partial charge in [-0.1, -0.05) is 19.9 Å². The maximum absolute atomic E-state index is 12.0. The van der Waals surface area contributed by atoms with Crippen LogP contribution in [0.4, 0.5) is 0 Å². The van der Waals surface area contributed by atoms with E-state index in [9.17, 15) is 9.59 Å². The highest BCUT2D eigenvalue weighted by Gasteiger charge is 2.15. The Hall–Kier alpha value is -2.96. The number of carboxylic acid groups (broad SMARTS) is 1. The number of carbonyl (C=O) groups excluding carboxylic acids is 1. The Morgan fingerprint density at radius 3 is 2.50 bits per heavy atom. The normalized spacial score (nSPS) is 10.6. The minimum absolute atomic E-state index is 0.0528. The van der Waals surface area contributed by atoms with Crippen molar-refractivity contribution in [1.82, 2.24) is 5.32 Å². The lowest BCUT2D eigenvalue weighted by Crippen LogP contribution is -2.22. The van der Waals surface area contributed by atoms with Gasteiger partial charge in [0.2, 0.25) is 5.76 Å². The molecule has 26 heavy (non-hydrogen) atoms. The molecule has 0 saturated heterocycles. The summed E-state index contributed by atoms with van der Waals surface area (Å²) in [6.45, 7) is 5.11. The zero-order valence-corrected chi connectivity index (χ0v) is 15.1. The van der Waals surface area contributed by atoms with E-state index in [0.29, 0.717) is 24.0 Å². The summed E-state index contributed by atoms with van der Waals surface area (Å²) in [5, 5.41) is 11.5. The summed E-state index contributed by atoms with van der Waals surface area (Å²) in [6.07, 6.45) is 0.947. The van der Waals surface area contributed by atoms with E-state index in [4.69, 9.17) is 19.0 Å². The van der Waals surface area contributed by atoms with Crippen LogP contribution < -0.4 is 14.8 Å². The quantitative estimate of drug-likeness (QED) is 0.711. The van der Waals surface area contributed by atoms with Crippen molar-refractivity contribution >= 4 is 11.9 Å². The molecule has 7 heteroatoms. The second kappa shape index (κ2) is 8.94. The van der Waals surface area contributed by atoms with Crippen LogP contribution in [-0.2, 0) is 6.54 Å². The van der Waals surface area contributed by atoms with Crippen molar-refractivity contribution in [3.05, 3.63) is 47.4 Å². The van der Waals surface area contributed by atoms with E-state index in [1.54, 1.807) is 19.2 Å². The molecule has 0 saturated carbocycles. The summed E-state index contributed by atoms with van der Waals surface area (Å²) in [6, 6.07) is 7.98. The van der Waals surface area contributed by atoms with Gasteiger partial charge in [0.25, 0.3) is 5.91 Å². The van der Waals surface area contributed by atoms with E-state index >= 15 is 0 Å². The van der Waals surface area contributed by atoms with Gasteiger partial charge < -0.3 is 24.3 Å². The molecule has 1 amide bonds. The molecule has 2 N–H and O–H groups in total. The average Bonchev–Trinajstić information content (AvgIpc) is 3.10. The zero-order valence-electron chi connectivity index (χ0n) is 15.1. The number of carboxylic acids is 1. The molecule has 2 rings (SSSR count). The van der Waals surface area contributed by atoms with Crippen molar-refractivity contribution in [3.63, 3.8) is 0 Å². The third-order valence-electron chi connectivity index (χ3n) is 3.67. The van der Waals surface area contributed by atoms with E-state index in [1.807, 2.05) is 6.07 Å². The number of aromatic carboxylic acids is 1. The van der Waals surface area contributed by atoms with Gasteiger partial charge in [-0.15, -0.1) is 0 Å². The van der Waals surface area contributed by atoms with Crippen LogP contribution in [-0.4, -0.2) is 30.7 Å². The predicted molar refractivity (Wildman–Crippen MR) is 94.8 cm³/mol. The second-order valence-corrected chi connectivity index (χ2v) is 6.17. The van der Waals surface area contributed by atoms with Crippen molar-refractivity contribution in [1.29, 1.82) is 0 Å². The molecular weight excluding hydrogens is 338 g/mol. The molecule has 1 aromatic carbocycles. The van der Waals surface area contributed by atoms with Crippen LogP contribution in [0, 0.1) is 5.92 Å². The van der Waals surface area contributed by atoms with Crippen molar-refractivity contribution in [2.75, 3.05) is 13.7 Å². The number of amides is 1. The molecule has 0 fully saturated rings. The van der Waals surface area contributed by atoms with E-state index in [2.05, 4.69) is 19.2 Å². The topological polar surface area (TPSA) is 98.0 Å². The van der Waals surface area contributed by atoms with Gasteiger partial charge in [-0.25, -0.2) is 4.79 Å². The molecular formula is C19H23NO6. The molecule has 7 nitrogen and oxygen atoms in total. The molecule has 0 aliphatic rings. The predicted octanol–water partition coefficient (Wildman–Crippen LogP) is 3.34. The van der Waals surface area contributed by atoms with Gasteiger partial charge in [0.05, 0.1) is 13.7 Å². The number of furan rings is 1. The summed E-state index contributed by atoms with van der Waals surface area (Å²) < 4.78 is 16.0. The summed E-state index contributed by atoms with van der Waals surface area (Å²) in [4.78, 5) is 22.8. The molecule has 0 bridgehead atoms. The Morgan fingerprint density at radius 1 is 1.15 bits per heavy atom. The monoisotopic (exact) mass is 361 g/mol. The summed E-state index contributed by atoms with van der Waals surface area (Å²) in [5.74, 6) is -0.246. The number of ether oxygens (including phenoxy) is 2. The number of methoxy groups -OCH3 is 1. The van der Waals surface area contributed by atoms with Crippen LogP contribution >= 0.6 is 0 Å². The zero-order chi connectivity index (χ0) is 19.1. The van der Waals surface area contributed by atoms with Gasteiger partial charge in [-0.05, 0) is 42.2 Å². The Labute approximate surface area is 151 Å². The molecule has 1 aromatic heterocycles. The van der Waals surface area contributed by atoms with Crippen molar-refractivity contribution in [3.8, 4) is 11.5 Å². The molecule has 2 aromatic rings. The number of hydrogen-bond acceptors (Lipinski definition) is 5. The lowest BCUT2D eigenvalue weighted by Gasteiger charge is -2.13. The molecule has 0 aliphatic carbocycles.